The van der Waals surface area contributed by atoms with Gasteiger partial charge in [0.25, 0.3) is 17.7 Å². The summed E-state index contributed by atoms with van der Waals surface area (Å²) in [4.78, 5) is 70.7. The predicted molar refractivity (Wildman–Crippen MR) is 202 cm³/mol. The number of phenolic OH excluding ortho intramolecular Hbond substituents is 2. The molecule has 3 amide bonds. The van der Waals surface area contributed by atoms with Crippen molar-refractivity contribution in [2.24, 2.45) is 0 Å². The summed E-state index contributed by atoms with van der Waals surface area (Å²) in [6, 6.07) is 1.40. The minimum Gasteiger partial charge on any atom is -0.504 e. The number of nitrogens with two attached hydrogens (primary N) is 1. The number of carboxylic acids is 2. The number of benzene rings is 1. The second-order valence-corrected chi connectivity index (χ2v) is 16.3. The number of aromatic hydroxyl groups is 2. The van der Waals surface area contributed by atoms with Gasteiger partial charge in [0.2, 0.25) is 0 Å². The zero-order chi connectivity index (χ0) is 39.5. The van der Waals surface area contributed by atoms with Crippen LogP contribution in [0.5, 0.6) is 11.5 Å². The summed E-state index contributed by atoms with van der Waals surface area (Å²) in [6.07, 6.45) is 3.91. The number of β-lactam (4-membered cyclic amide) rings is 1. The number of anilines is 1. The largest absolute Gasteiger partial charge is 0.504 e. The minimum absolute atomic E-state index is 0.00112. The summed E-state index contributed by atoms with van der Waals surface area (Å²) in [5.74, 6) is -5.16. The van der Waals surface area contributed by atoms with E-state index in [1.165, 1.54) is 48.0 Å². The number of carbonyl (C=O) groups excluding carboxylic acids is 3. The Morgan fingerprint density at radius 3 is 2.41 bits per heavy atom. The van der Waals surface area contributed by atoms with E-state index in [4.69, 9.17) is 22.1 Å². The van der Waals surface area contributed by atoms with Crippen LogP contribution in [0.15, 0.2) is 34.5 Å². The number of halogens is 1. The number of nitrogens with one attached hydrogen (secondary N) is 2. The number of nitrogen functional groups attached to an aromatic ring is 1. The zero-order valence-corrected chi connectivity index (χ0v) is 32.4. The fourth-order valence-corrected chi connectivity index (χ4v) is 9.05. The van der Waals surface area contributed by atoms with E-state index < -0.39 is 58.2 Å². The van der Waals surface area contributed by atoms with E-state index in [0.29, 0.717) is 23.1 Å². The summed E-state index contributed by atoms with van der Waals surface area (Å²) in [5.41, 5.74) is 4.67. The van der Waals surface area contributed by atoms with Gasteiger partial charge in [0.15, 0.2) is 22.2 Å². The number of quaternary nitrogens is 1. The number of carboxylic acid groups (broad SMARTS) is 2. The minimum atomic E-state index is -1.69. The molecule has 2 aromatic rings. The number of thiazole rings is 1. The Labute approximate surface area is 324 Å². The molecular formula is C35H44ClN6O10S2+. The lowest BCUT2D eigenvalue weighted by molar-refractivity contribution is -0.922. The van der Waals surface area contributed by atoms with Gasteiger partial charge in [-0.2, -0.15) is 0 Å². The van der Waals surface area contributed by atoms with Crippen LogP contribution in [0.2, 0.25) is 5.02 Å². The van der Waals surface area contributed by atoms with Gasteiger partial charge in [0, 0.05) is 23.1 Å². The van der Waals surface area contributed by atoms with Crippen LogP contribution in [-0.4, -0.2) is 120 Å². The molecule has 54 heavy (non-hydrogen) atoms. The molecule has 5 rings (SSSR count). The average Bonchev–Trinajstić information content (AvgIpc) is 3.41. The molecule has 2 saturated heterocycles. The molecule has 0 spiro atoms. The van der Waals surface area contributed by atoms with Gasteiger partial charge in [0.05, 0.1) is 42.5 Å². The number of fused-ring (bicyclic) bond motifs is 1. The van der Waals surface area contributed by atoms with Crippen molar-refractivity contribution in [1.82, 2.24) is 20.5 Å². The maximum atomic E-state index is 13.9. The van der Waals surface area contributed by atoms with Crippen molar-refractivity contribution >= 4 is 75.1 Å². The second-order valence-electron chi connectivity index (χ2n) is 13.9. The van der Waals surface area contributed by atoms with Gasteiger partial charge < -0.3 is 46.0 Å². The van der Waals surface area contributed by atoms with E-state index in [0.717, 1.165) is 50.1 Å². The van der Waals surface area contributed by atoms with E-state index >= 15 is 0 Å². The summed E-state index contributed by atoms with van der Waals surface area (Å²) < 4.78 is 6.28. The number of nitrogens with zero attached hydrogens (tertiary/aromatic N) is 3. The van der Waals surface area contributed by atoms with Crippen molar-refractivity contribution in [1.29, 1.82) is 0 Å². The third-order valence-corrected chi connectivity index (χ3v) is 12.2. The molecule has 1 unspecified atom stereocenters. The summed E-state index contributed by atoms with van der Waals surface area (Å²) in [6.45, 7) is 6.82. The van der Waals surface area contributed by atoms with E-state index in [1.807, 2.05) is 0 Å². The molecule has 8 N–H and O–H groups in total. The first-order chi connectivity index (χ1) is 25.5. The second kappa shape index (κ2) is 16.5. The molecule has 19 heteroatoms. The van der Waals surface area contributed by atoms with Crippen LogP contribution in [0.3, 0.4) is 0 Å². The monoisotopic (exact) mass is 807 g/mol. The normalized spacial score (nSPS) is 20.2. The molecule has 16 nitrogen and oxygen atoms in total. The number of amides is 3. The number of phenols is 2. The number of allylic oxidation sites excluding steroid dienone is 1. The molecule has 0 saturated carbocycles. The third kappa shape index (κ3) is 8.40. The standard InChI is InChI=1S/C35H43ClN6O10S2/c1-4-22(52-35(2,3)33(50)51)23(20-17-54-34(37)39-20)29(46)40-25-30(47)41-26(32(48)49)18(16-53-31(25)41)15-42(12-7-5-6-8-13-42)14-11-38-28(45)19-9-10-21(43)27(44)24(19)36/h9-10,17,25,31H,4-8,11-16H2,1-3H3,(H7-,37,38,39,40,43,44,45,46,48,49,50,51)/p+1/b23-22-/t25?,31-/m1/s1. The molecule has 0 aliphatic carbocycles. The van der Waals surface area contributed by atoms with Gasteiger partial charge in [0.1, 0.15) is 35.0 Å². The smallest absolute Gasteiger partial charge is 0.352 e. The van der Waals surface area contributed by atoms with Gasteiger partial charge in [-0.25, -0.2) is 14.6 Å². The maximum Gasteiger partial charge on any atom is 0.352 e. The lowest BCUT2D eigenvalue weighted by Crippen LogP contribution is -2.71. The highest BCUT2D eigenvalue weighted by Crippen LogP contribution is 2.42. The van der Waals surface area contributed by atoms with Gasteiger partial charge >= 0.3 is 11.9 Å². The highest BCUT2D eigenvalue weighted by atomic mass is 35.5. The molecule has 3 aliphatic rings. The number of hydrogen-bond acceptors (Lipinski definition) is 12. The van der Waals surface area contributed by atoms with E-state index in [2.05, 4.69) is 15.6 Å². The maximum absolute atomic E-state index is 13.9. The molecule has 1 aromatic carbocycles. The van der Waals surface area contributed by atoms with Crippen LogP contribution in [-0.2, 0) is 23.9 Å². The van der Waals surface area contributed by atoms with Gasteiger partial charge in [-0.05, 0) is 51.7 Å². The number of thioether (sulfide) groups is 1. The number of ether oxygens (including phenoxy) is 1. The molecule has 2 fully saturated rings. The summed E-state index contributed by atoms with van der Waals surface area (Å²) in [7, 11) is 0. The van der Waals surface area contributed by atoms with Crippen LogP contribution >= 0.6 is 34.7 Å². The third-order valence-electron chi connectivity index (χ3n) is 9.79. The summed E-state index contributed by atoms with van der Waals surface area (Å²) in [5, 5.41) is 46.1. The molecular weight excluding hydrogens is 764 g/mol. The first-order valence-electron chi connectivity index (χ1n) is 17.4. The number of rotatable bonds is 14. The SMILES string of the molecule is CC/C(OC(C)(C)C(=O)O)=C(/C(=O)NC1C(=O)N2C(C(=O)O)=C(C[N+]3(CCNC(=O)c4ccc(O)c(O)c4Cl)CCCCCC3)CS[C@H]12)c1csc(N)n1. The lowest BCUT2D eigenvalue weighted by Gasteiger charge is -2.50. The quantitative estimate of drug-likeness (QED) is 0.0477. The van der Waals surface area contributed by atoms with Crippen molar-refractivity contribution in [2.75, 3.05) is 44.2 Å². The Balaban J connectivity index is 1.36. The predicted octanol–water partition coefficient (Wildman–Crippen LogP) is 3.35. The van der Waals surface area contributed by atoms with Crippen LogP contribution in [0.4, 0.5) is 5.13 Å². The van der Waals surface area contributed by atoms with Crippen LogP contribution in [0, 0.1) is 0 Å². The first-order valence-corrected chi connectivity index (χ1v) is 19.7. The lowest BCUT2D eigenvalue weighted by atomic mass is 10.0. The van der Waals surface area contributed by atoms with Gasteiger partial charge in [-0.1, -0.05) is 18.5 Å². The van der Waals surface area contributed by atoms with Crippen LogP contribution < -0.4 is 16.4 Å². The first kappa shape index (κ1) is 40.7. The summed E-state index contributed by atoms with van der Waals surface area (Å²) >= 11 is 8.50. The van der Waals surface area contributed by atoms with Crippen molar-refractivity contribution in [3.8, 4) is 11.5 Å². The van der Waals surface area contributed by atoms with Gasteiger partial charge in [-0.3, -0.25) is 19.3 Å². The number of aliphatic carboxylic acids is 2. The van der Waals surface area contributed by atoms with Crippen molar-refractivity contribution in [3.63, 3.8) is 0 Å². The van der Waals surface area contributed by atoms with Crippen molar-refractivity contribution in [3.05, 3.63) is 50.8 Å². The Morgan fingerprint density at radius 1 is 1.13 bits per heavy atom. The number of aromatic nitrogens is 1. The highest BCUT2D eigenvalue weighted by molar-refractivity contribution is 8.00. The highest BCUT2D eigenvalue weighted by Gasteiger charge is 2.55. The van der Waals surface area contributed by atoms with E-state index in [9.17, 15) is 44.4 Å². The van der Waals surface area contributed by atoms with E-state index in [1.54, 1.807) is 6.92 Å². The fraction of sp³-hybridized carbons (Fsp3) is 0.486. The number of hydrogen-bond donors (Lipinski definition) is 7. The number of likely N-dealkylation sites (tertiary alicyclic amines) is 1. The molecule has 4 heterocycles. The topological polar surface area (TPSA) is 242 Å². The van der Waals surface area contributed by atoms with Crippen LogP contribution in [0.1, 0.15) is 68.9 Å². The molecule has 292 valence electrons. The Morgan fingerprint density at radius 2 is 1.81 bits per heavy atom. The molecule has 1 aromatic heterocycles. The Kier molecular flexibility index (Phi) is 12.4. The van der Waals surface area contributed by atoms with Crippen LogP contribution in [0.25, 0.3) is 5.57 Å². The molecule has 0 radical (unpaired) electrons. The Hall–Kier alpha value is -4.52. The van der Waals surface area contributed by atoms with Crippen molar-refractivity contribution in [2.45, 2.75) is 69.9 Å². The molecule has 2 atom stereocenters. The average molecular weight is 808 g/mol. The number of carbonyl (C=O) groups is 5. The van der Waals surface area contributed by atoms with Gasteiger partial charge in [-0.15, -0.1) is 23.1 Å². The fourth-order valence-electron chi connectivity index (χ4n) is 6.92. The zero-order valence-electron chi connectivity index (χ0n) is 30.0. The molecule has 3 aliphatic heterocycles. The van der Waals surface area contributed by atoms with E-state index in [-0.39, 0.29) is 57.2 Å². The van der Waals surface area contributed by atoms with Crippen molar-refractivity contribution < 1.29 is 53.6 Å². The Bertz CT molecular complexity index is 1910. The molecule has 0 bridgehead atoms.